The van der Waals surface area contributed by atoms with Crippen LogP contribution in [0.4, 0.5) is 0 Å². The number of halogens is 1. The van der Waals surface area contributed by atoms with Gasteiger partial charge in [0.15, 0.2) is 16.6 Å². The number of ether oxygens (including phenoxy) is 1. The van der Waals surface area contributed by atoms with Gasteiger partial charge in [-0.15, -0.1) is 0 Å². The summed E-state index contributed by atoms with van der Waals surface area (Å²) in [5.74, 6) is -0.411. The molecule has 1 aromatic rings. The van der Waals surface area contributed by atoms with Gasteiger partial charge in [0.25, 0.3) is 0 Å². The van der Waals surface area contributed by atoms with E-state index in [1.807, 2.05) is 12.6 Å². The number of esters is 1. The van der Waals surface area contributed by atoms with Crippen LogP contribution in [-0.2, 0) is 13.0 Å². The van der Waals surface area contributed by atoms with Gasteiger partial charge >= 0.3 is 14.5 Å². The molecule has 0 spiro atoms. The molecule has 0 unspecified atom stereocenters. The Kier molecular flexibility index (Phi) is 6.45. The van der Waals surface area contributed by atoms with Gasteiger partial charge in [0.05, 0.1) is 12.7 Å². The number of hydrogen-bond acceptors (Lipinski definition) is 4. The van der Waals surface area contributed by atoms with Gasteiger partial charge < -0.3 is 13.0 Å². The molecule has 130 valence electrons. The fourth-order valence-electron chi connectivity index (χ4n) is 2.39. The van der Waals surface area contributed by atoms with Crippen LogP contribution in [0.3, 0.4) is 0 Å². The summed E-state index contributed by atoms with van der Waals surface area (Å²) >= 11 is 6.23. The number of benzene rings is 1. The summed E-state index contributed by atoms with van der Waals surface area (Å²) in [6.45, 7) is 14.9. The third kappa shape index (κ3) is 6.52. The van der Waals surface area contributed by atoms with E-state index in [9.17, 15) is 4.79 Å². The molecule has 0 saturated heterocycles. The first-order valence-corrected chi connectivity index (χ1v) is 17.1. The first-order chi connectivity index (χ1) is 10.3. The molecule has 0 saturated carbocycles. The molecule has 1 rings (SSSR count). The minimum Gasteiger partial charge on any atom is -0.465 e. The molecule has 0 atom stereocenters. The Hall–Kier alpha value is -0.449. The highest BCUT2D eigenvalue weighted by atomic mass is 35.5. The number of carbonyl (C=O) groups excluding carboxylic acids is 1. The average Bonchev–Trinajstić information content (AvgIpc) is 2.32. The fraction of sp³-hybridized carbons (Fsp3) is 0.533. The molecule has 0 aromatic heterocycles. The lowest BCUT2D eigenvalue weighted by atomic mass is 10.2. The Labute approximate surface area is 147 Å². The molecule has 0 N–H and O–H groups in total. The van der Waals surface area contributed by atoms with E-state index in [0.29, 0.717) is 10.6 Å². The Morgan fingerprint density at radius 3 is 1.78 bits per heavy atom. The van der Waals surface area contributed by atoms with Crippen molar-refractivity contribution in [2.75, 3.05) is 7.11 Å². The molecule has 4 nitrogen and oxygen atoms in total. The molecule has 0 aliphatic heterocycles. The topological polar surface area (TPSA) is 44.8 Å². The van der Waals surface area contributed by atoms with Crippen LogP contribution in [0.15, 0.2) is 18.2 Å². The van der Waals surface area contributed by atoms with E-state index in [4.69, 9.17) is 24.6 Å². The third-order valence-corrected chi connectivity index (χ3v) is 12.4. The van der Waals surface area contributed by atoms with Crippen LogP contribution in [-0.4, -0.2) is 38.3 Å². The fourth-order valence-corrected chi connectivity index (χ4v) is 14.4. The van der Waals surface area contributed by atoms with Crippen LogP contribution >= 0.6 is 11.6 Å². The molecule has 0 aliphatic rings. The molecule has 8 heteroatoms. The third-order valence-electron chi connectivity index (χ3n) is 2.85. The van der Waals surface area contributed by atoms with E-state index in [1.165, 1.54) is 7.11 Å². The molecule has 0 amide bonds. The van der Waals surface area contributed by atoms with Gasteiger partial charge in [0, 0.05) is 5.02 Å². The first kappa shape index (κ1) is 20.6. The minimum absolute atomic E-state index is 0.411. The molecule has 0 aliphatic carbocycles. The largest absolute Gasteiger partial charge is 0.465 e. The van der Waals surface area contributed by atoms with Crippen LogP contribution in [0.1, 0.15) is 10.4 Å². The van der Waals surface area contributed by atoms with Crippen LogP contribution in [0.2, 0.25) is 50.9 Å². The zero-order valence-corrected chi connectivity index (χ0v) is 19.0. The lowest BCUT2D eigenvalue weighted by Crippen LogP contribution is -2.60. The van der Waals surface area contributed by atoms with Gasteiger partial charge in [-0.05, 0) is 69.2 Å². The van der Waals surface area contributed by atoms with Crippen LogP contribution in [0.25, 0.3) is 0 Å². The van der Waals surface area contributed by atoms with Crippen molar-refractivity contribution in [3.63, 3.8) is 0 Å². The van der Waals surface area contributed by atoms with Crippen molar-refractivity contribution in [1.29, 1.82) is 0 Å². The summed E-state index contributed by atoms with van der Waals surface area (Å²) in [6.07, 6.45) is 0. The highest BCUT2D eigenvalue weighted by molar-refractivity contribution is 6.94. The van der Waals surface area contributed by atoms with Crippen molar-refractivity contribution in [3.8, 4) is 0 Å². The maximum atomic E-state index is 11.9. The minimum atomic E-state index is -2.69. The molecule has 0 radical (unpaired) electrons. The van der Waals surface area contributed by atoms with Crippen molar-refractivity contribution >= 4 is 48.0 Å². The predicted molar refractivity (Wildman–Crippen MR) is 103 cm³/mol. The van der Waals surface area contributed by atoms with Gasteiger partial charge in [-0.1, -0.05) is 11.6 Å². The molecule has 1 aromatic carbocycles. The summed E-state index contributed by atoms with van der Waals surface area (Å²) < 4.78 is 17.8. The highest BCUT2D eigenvalue weighted by Gasteiger charge is 2.42. The monoisotopic (exact) mass is 390 g/mol. The van der Waals surface area contributed by atoms with E-state index in [1.54, 1.807) is 12.1 Å². The Balaban J connectivity index is 3.42. The van der Waals surface area contributed by atoms with E-state index >= 15 is 0 Å². The van der Waals surface area contributed by atoms with E-state index in [-0.39, 0.29) is 0 Å². The van der Waals surface area contributed by atoms with Crippen LogP contribution in [0.5, 0.6) is 0 Å². The smallest absolute Gasteiger partial charge is 0.348 e. The van der Waals surface area contributed by atoms with Crippen molar-refractivity contribution in [1.82, 2.24) is 0 Å². The lowest BCUT2D eigenvalue weighted by Gasteiger charge is -2.38. The average molecular weight is 391 g/mol. The molecule has 0 heterocycles. The van der Waals surface area contributed by atoms with Gasteiger partial charge in [-0.2, -0.15) is 0 Å². The van der Waals surface area contributed by atoms with E-state index in [2.05, 4.69) is 39.3 Å². The van der Waals surface area contributed by atoms with Crippen LogP contribution in [0, 0.1) is 0 Å². The van der Waals surface area contributed by atoms with Crippen molar-refractivity contribution < 1.29 is 17.8 Å². The summed E-state index contributed by atoms with van der Waals surface area (Å²) in [6, 6.07) is 5.25. The maximum absolute atomic E-state index is 11.9. The van der Waals surface area contributed by atoms with E-state index in [0.717, 1.165) is 5.19 Å². The first-order valence-electron chi connectivity index (χ1n) is 7.55. The summed E-state index contributed by atoms with van der Waals surface area (Å²) in [5, 5.41) is 1.36. The van der Waals surface area contributed by atoms with Crippen LogP contribution < -0.4 is 5.19 Å². The number of hydrogen-bond donors (Lipinski definition) is 0. The number of carbonyl (C=O) groups is 1. The van der Waals surface area contributed by atoms with Gasteiger partial charge in [0.1, 0.15) is 0 Å². The van der Waals surface area contributed by atoms with Crippen molar-refractivity contribution in [2.45, 2.75) is 45.8 Å². The zero-order chi connectivity index (χ0) is 18.1. The SMILES string of the molecule is COC(=O)c1cc(Cl)cc([Si](C)(O[Si](C)(C)C)O[Si](C)(C)C)c1. The Morgan fingerprint density at radius 1 is 0.913 bits per heavy atom. The molecule has 0 fully saturated rings. The number of methoxy groups -OCH3 is 1. The standard InChI is InChI=1S/C15H27ClO4Si3/c1-18-15(17)12-9-13(16)11-14(10-12)23(8,19-21(2,3)4)20-22(5,6)7/h9-11H,1-8H3. The summed E-state index contributed by atoms with van der Waals surface area (Å²) in [4.78, 5) is 11.9. The van der Waals surface area contributed by atoms with Crippen molar-refractivity contribution in [2.24, 2.45) is 0 Å². The van der Waals surface area contributed by atoms with Gasteiger partial charge in [-0.3, -0.25) is 0 Å². The second-order valence-corrected chi connectivity index (χ2v) is 20.6. The molecular weight excluding hydrogens is 364 g/mol. The summed E-state index contributed by atoms with van der Waals surface area (Å²) in [5.41, 5.74) is 0.423. The van der Waals surface area contributed by atoms with Gasteiger partial charge in [0.2, 0.25) is 0 Å². The molecular formula is C15H27ClO4Si3. The molecule has 0 bridgehead atoms. The lowest BCUT2D eigenvalue weighted by molar-refractivity contribution is 0.0601. The molecule has 23 heavy (non-hydrogen) atoms. The van der Waals surface area contributed by atoms with E-state index < -0.39 is 31.2 Å². The number of rotatable bonds is 6. The summed E-state index contributed by atoms with van der Waals surface area (Å²) in [7, 11) is -5.02. The van der Waals surface area contributed by atoms with Gasteiger partial charge in [-0.25, -0.2) is 4.79 Å². The second kappa shape index (κ2) is 7.20. The second-order valence-electron chi connectivity index (χ2n) is 7.59. The normalized spacial score (nSPS) is 13.1. The maximum Gasteiger partial charge on any atom is 0.348 e. The quantitative estimate of drug-likeness (QED) is 0.541. The zero-order valence-electron chi connectivity index (χ0n) is 15.2. The predicted octanol–water partition coefficient (Wildman–Crippen LogP) is 4.11. The highest BCUT2D eigenvalue weighted by Crippen LogP contribution is 2.23. The Morgan fingerprint density at radius 2 is 1.39 bits per heavy atom. The Bertz CT molecular complexity index is 563. The van der Waals surface area contributed by atoms with Crippen molar-refractivity contribution in [3.05, 3.63) is 28.8 Å².